The first-order valence-electron chi connectivity index (χ1n) is 10.6. The van der Waals surface area contributed by atoms with Crippen molar-refractivity contribution in [2.45, 2.75) is 25.7 Å². The Bertz CT molecular complexity index is 1360. The standard InChI is InChI=1S/C25H24Cl2N2O5S/c1-4-34-25(31)21-14-19(8-11-22(21)27)28-24(30)15-29(23-12-7-18(26)13-17(23)3)35(32,33)20-9-5-16(2)6-10-20/h5-14H,4,15H2,1-3H3,(H,28,30). The third kappa shape index (κ3) is 6.33. The van der Waals surface area contributed by atoms with Crippen molar-refractivity contribution in [3.05, 3.63) is 87.4 Å². The fourth-order valence-electron chi connectivity index (χ4n) is 3.34. The lowest BCUT2D eigenvalue weighted by atomic mass is 10.2. The van der Waals surface area contributed by atoms with Gasteiger partial charge in [0.25, 0.3) is 10.0 Å². The van der Waals surface area contributed by atoms with Gasteiger partial charge in [-0.05, 0) is 74.9 Å². The van der Waals surface area contributed by atoms with E-state index in [1.165, 1.54) is 30.3 Å². The molecule has 0 aliphatic rings. The first kappa shape index (κ1) is 26.5. The van der Waals surface area contributed by atoms with Crippen LogP contribution in [0.25, 0.3) is 0 Å². The number of halogens is 2. The maximum absolute atomic E-state index is 13.6. The van der Waals surface area contributed by atoms with Crippen molar-refractivity contribution in [2.24, 2.45) is 0 Å². The lowest BCUT2D eigenvalue weighted by molar-refractivity contribution is -0.114. The van der Waals surface area contributed by atoms with Crippen molar-refractivity contribution in [3.8, 4) is 0 Å². The van der Waals surface area contributed by atoms with Crippen LogP contribution in [0, 0.1) is 13.8 Å². The molecule has 0 aliphatic carbocycles. The van der Waals surface area contributed by atoms with Gasteiger partial charge in [0.1, 0.15) is 6.54 Å². The summed E-state index contributed by atoms with van der Waals surface area (Å²) in [6, 6.07) is 15.4. The molecule has 0 aromatic heterocycles. The molecule has 3 aromatic rings. The third-order valence-electron chi connectivity index (χ3n) is 5.07. The number of anilines is 2. The van der Waals surface area contributed by atoms with Gasteiger partial charge in [0.15, 0.2) is 0 Å². The summed E-state index contributed by atoms with van der Waals surface area (Å²) in [5.74, 6) is -1.25. The zero-order valence-corrected chi connectivity index (χ0v) is 21.7. The number of amides is 1. The molecule has 1 amide bonds. The molecule has 0 saturated heterocycles. The van der Waals surface area contributed by atoms with E-state index >= 15 is 0 Å². The number of carbonyl (C=O) groups is 2. The first-order valence-corrected chi connectivity index (χ1v) is 12.8. The number of hydrogen-bond acceptors (Lipinski definition) is 5. The van der Waals surface area contributed by atoms with Crippen LogP contribution in [0.1, 0.15) is 28.4 Å². The monoisotopic (exact) mass is 534 g/mol. The minimum Gasteiger partial charge on any atom is -0.462 e. The maximum atomic E-state index is 13.6. The number of nitrogens with one attached hydrogen (secondary N) is 1. The van der Waals surface area contributed by atoms with Crippen LogP contribution < -0.4 is 9.62 Å². The van der Waals surface area contributed by atoms with Gasteiger partial charge < -0.3 is 10.1 Å². The Morgan fingerprint density at radius 1 is 0.971 bits per heavy atom. The van der Waals surface area contributed by atoms with Gasteiger partial charge in [0.05, 0.1) is 27.8 Å². The smallest absolute Gasteiger partial charge is 0.339 e. The van der Waals surface area contributed by atoms with E-state index in [-0.39, 0.29) is 27.8 Å². The molecule has 7 nitrogen and oxygen atoms in total. The SMILES string of the molecule is CCOC(=O)c1cc(NC(=O)CN(c2ccc(Cl)cc2C)S(=O)(=O)c2ccc(C)cc2)ccc1Cl. The van der Waals surface area contributed by atoms with Gasteiger partial charge in [-0.25, -0.2) is 13.2 Å². The minimum atomic E-state index is -4.10. The summed E-state index contributed by atoms with van der Waals surface area (Å²) in [5, 5.41) is 3.24. The number of esters is 1. The lowest BCUT2D eigenvalue weighted by Gasteiger charge is -2.26. The molecule has 3 aromatic carbocycles. The van der Waals surface area contributed by atoms with Crippen molar-refractivity contribution in [3.63, 3.8) is 0 Å². The van der Waals surface area contributed by atoms with Gasteiger partial charge in [0.2, 0.25) is 5.91 Å². The molecule has 1 N–H and O–H groups in total. The lowest BCUT2D eigenvalue weighted by Crippen LogP contribution is -2.38. The molecule has 0 saturated carbocycles. The first-order chi connectivity index (χ1) is 16.5. The number of carbonyl (C=O) groups excluding carboxylic acids is 2. The number of hydrogen-bond donors (Lipinski definition) is 1. The van der Waals surface area contributed by atoms with Crippen LogP contribution in [-0.4, -0.2) is 33.4 Å². The third-order valence-corrected chi connectivity index (χ3v) is 7.41. The number of rotatable bonds is 8. The summed E-state index contributed by atoms with van der Waals surface area (Å²) in [4.78, 5) is 25.2. The predicted octanol–water partition coefficient (Wildman–Crippen LogP) is 5.62. The molecular weight excluding hydrogens is 511 g/mol. The van der Waals surface area contributed by atoms with Crippen LogP contribution in [0.15, 0.2) is 65.6 Å². The number of aryl methyl sites for hydroxylation is 2. The van der Waals surface area contributed by atoms with E-state index in [0.29, 0.717) is 16.3 Å². The molecule has 0 bridgehead atoms. The fourth-order valence-corrected chi connectivity index (χ4v) is 5.24. The van der Waals surface area contributed by atoms with Crippen LogP contribution in [0.4, 0.5) is 11.4 Å². The van der Waals surface area contributed by atoms with Gasteiger partial charge >= 0.3 is 5.97 Å². The second kappa shape index (κ2) is 11.1. The van der Waals surface area contributed by atoms with Crippen LogP contribution >= 0.6 is 23.2 Å². The van der Waals surface area contributed by atoms with Crippen LogP contribution in [0.5, 0.6) is 0 Å². The molecule has 35 heavy (non-hydrogen) atoms. The molecule has 0 fully saturated rings. The van der Waals surface area contributed by atoms with E-state index in [4.69, 9.17) is 27.9 Å². The van der Waals surface area contributed by atoms with Crippen LogP contribution in [-0.2, 0) is 19.6 Å². The van der Waals surface area contributed by atoms with Gasteiger partial charge in [0, 0.05) is 10.7 Å². The average molecular weight is 535 g/mol. The second-order valence-electron chi connectivity index (χ2n) is 7.72. The Balaban J connectivity index is 1.95. The number of benzene rings is 3. The summed E-state index contributed by atoms with van der Waals surface area (Å²) >= 11 is 12.1. The Morgan fingerprint density at radius 2 is 1.66 bits per heavy atom. The summed E-state index contributed by atoms with van der Waals surface area (Å²) in [6.45, 7) is 4.87. The van der Waals surface area contributed by atoms with E-state index < -0.39 is 28.4 Å². The van der Waals surface area contributed by atoms with Gasteiger partial charge in [-0.1, -0.05) is 40.9 Å². The summed E-state index contributed by atoms with van der Waals surface area (Å²) < 4.78 is 33.1. The maximum Gasteiger partial charge on any atom is 0.339 e. The van der Waals surface area contributed by atoms with Crippen LogP contribution in [0.3, 0.4) is 0 Å². The van der Waals surface area contributed by atoms with Gasteiger partial charge in [-0.3, -0.25) is 9.10 Å². The topological polar surface area (TPSA) is 92.8 Å². The highest BCUT2D eigenvalue weighted by Gasteiger charge is 2.28. The highest BCUT2D eigenvalue weighted by Crippen LogP contribution is 2.29. The summed E-state index contributed by atoms with van der Waals surface area (Å²) in [6.07, 6.45) is 0. The molecule has 0 unspecified atom stereocenters. The molecule has 0 atom stereocenters. The van der Waals surface area contributed by atoms with Crippen molar-refractivity contribution in [1.82, 2.24) is 0 Å². The van der Waals surface area contributed by atoms with Crippen molar-refractivity contribution < 1.29 is 22.7 Å². The van der Waals surface area contributed by atoms with E-state index in [2.05, 4.69) is 5.32 Å². The minimum absolute atomic E-state index is 0.0429. The fraction of sp³-hybridized carbons (Fsp3) is 0.200. The Hall–Kier alpha value is -3.07. The molecular formula is C25H24Cl2N2O5S. The molecule has 0 spiro atoms. The second-order valence-corrected chi connectivity index (χ2v) is 10.4. The summed E-state index contributed by atoms with van der Waals surface area (Å²) in [7, 11) is -4.10. The van der Waals surface area contributed by atoms with Crippen molar-refractivity contribution in [1.29, 1.82) is 0 Å². The van der Waals surface area contributed by atoms with E-state index in [1.54, 1.807) is 44.2 Å². The number of ether oxygens (including phenoxy) is 1. The van der Waals surface area contributed by atoms with E-state index in [1.807, 2.05) is 6.92 Å². The van der Waals surface area contributed by atoms with E-state index in [9.17, 15) is 18.0 Å². The quantitative estimate of drug-likeness (QED) is 0.378. The highest BCUT2D eigenvalue weighted by molar-refractivity contribution is 7.92. The van der Waals surface area contributed by atoms with Gasteiger partial charge in [-0.2, -0.15) is 0 Å². The zero-order valence-electron chi connectivity index (χ0n) is 19.3. The van der Waals surface area contributed by atoms with Crippen LogP contribution in [0.2, 0.25) is 10.0 Å². The Morgan fingerprint density at radius 3 is 2.29 bits per heavy atom. The average Bonchev–Trinajstić information content (AvgIpc) is 2.79. The molecule has 0 heterocycles. The molecule has 0 aliphatic heterocycles. The number of nitrogens with zero attached hydrogens (tertiary/aromatic N) is 1. The highest BCUT2D eigenvalue weighted by atomic mass is 35.5. The Kier molecular flexibility index (Phi) is 8.43. The molecule has 0 radical (unpaired) electrons. The normalized spacial score (nSPS) is 11.1. The van der Waals surface area contributed by atoms with Gasteiger partial charge in [-0.15, -0.1) is 0 Å². The predicted molar refractivity (Wildman–Crippen MR) is 138 cm³/mol. The van der Waals surface area contributed by atoms with E-state index in [0.717, 1.165) is 9.87 Å². The summed E-state index contributed by atoms with van der Waals surface area (Å²) in [5.41, 5.74) is 2.15. The zero-order chi connectivity index (χ0) is 25.8. The molecule has 184 valence electrons. The Labute approximate surface area is 214 Å². The molecule has 3 rings (SSSR count). The molecule has 10 heteroatoms. The largest absolute Gasteiger partial charge is 0.462 e. The van der Waals surface area contributed by atoms with Crippen molar-refractivity contribution in [2.75, 3.05) is 22.8 Å². The number of sulfonamides is 1. The van der Waals surface area contributed by atoms with Crippen molar-refractivity contribution >= 4 is 56.5 Å².